The van der Waals surface area contributed by atoms with Gasteiger partial charge in [0.25, 0.3) is 0 Å². The first-order valence-corrected chi connectivity index (χ1v) is 15.4. The summed E-state index contributed by atoms with van der Waals surface area (Å²) in [6.45, 7) is 10.6. The van der Waals surface area contributed by atoms with E-state index < -0.39 is 5.79 Å². The number of hydrogen-bond donors (Lipinski definition) is 1. The maximum atomic E-state index is 13.6. The molecule has 0 radical (unpaired) electrons. The lowest BCUT2D eigenvalue weighted by Crippen LogP contribution is -2.48. The third-order valence-electron chi connectivity index (χ3n) is 9.02. The Morgan fingerprint density at radius 2 is 1.93 bits per heavy atom. The van der Waals surface area contributed by atoms with Gasteiger partial charge in [-0.15, -0.1) is 11.6 Å². The topological polar surface area (TPSA) is 73.0 Å². The van der Waals surface area contributed by atoms with Gasteiger partial charge in [-0.25, -0.2) is 4.79 Å². The number of alkyl halides is 1. The van der Waals surface area contributed by atoms with Crippen molar-refractivity contribution in [2.24, 2.45) is 11.3 Å². The summed E-state index contributed by atoms with van der Waals surface area (Å²) in [6.07, 6.45) is 16.4. The van der Waals surface area contributed by atoms with E-state index >= 15 is 0 Å². The highest BCUT2D eigenvalue weighted by atomic mass is 35.5. The van der Waals surface area contributed by atoms with Crippen molar-refractivity contribution in [1.82, 2.24) is 9.88 Å². The number of fused-ring (bicyclic) bond motifs is 3. The van der Waals surface area contributed by atoms with E-state index in [9.17, 15) is 4.79 Å². The maximum Gasteiger partial charge on any atom is 0.410 e. The second kappa shape index (κ2) is 11.0. The van der Waals surface area contributed by atoms with Crippen molar-refractivity contribution in [3.63, 3.8) is 0 Å². The number of hydrogen-bond acceptors (Lipinski definition) is 5. The molecule has 1 aromatic heterocycles. The van der Waals surface area contributed by atoms with E-state index in [1.807, 2.05) is 18.7 Å². The fraction of sp³-hybridized carbons (Fsp3) is 0.656. The molecule has 1 amide bonds. The fourth-order valence-corrected chi connectivity index (χ4v) is 6.81. The molecule has 2 fully saturated rings. The van der Waals surface area contributed by atoms with Crippen LogP contribution in [-0.4, -0.2) is 65.7 Å². The number of H-pyrrole nitrogens is 1. The Bertz CT molecular complexity index is 1300. The van der Waals surface area contributed by atoms with Gasteiger partial charge in [-0.05, 0) is 63.5 Å². The first-order valence-electron chi connectivity index (χ1n) is 14.9. The van der Waals surface area contributed by atoms with Crippen LogP contribution in [0.2, 0.25) is 0 Å². The van der Waals surface area contributed by atoms with Gasteiger partial charge >= 0.3 is 6.09 Å². The van der Waals surface area contributed by atoms with Crippen LogP contribution in [0.3, 0.4) is 0 Å². The highest BCUT2D eigenvalue weighted by molar-refractivity contribution is 6.24. The zero-order valence-corrected chi connectivity index (χ0v) is 25.0. The van der Waals surface area contributed by atoms with Gasteiger partial charge in [0.1, 0.15) is 12.1 Å². The Morgan fingerprint density at radius 1 is 1.18 bits per heavy atom. The minimum Gasteiger partial charge on any atom is -0.446 e. The molecule has 8 heteroatoms. The summed E-state index contributed by atoms with van der Waals surface area (Å²) >= 11 is 6.51. The number of aromatic amines is 1. The van der Waals surface area contributed by atoms with Crippen LogP contribution in [0, 0.1) is 11.3 Å². The molecule has 0 bridgehead atoms. The van der Waals surface area contributed by atoms with E-state index in [1.165, 1.54) is 10.8 Å². The van der Waals surface area contributed by atoms with E-state index in [-0.39, 0.29) is 41.1 Å². The second-order valence-corrected chi connectivity index (χ2v) is 13.6. The van der Waals surface area contributed by atoms with Crippen molar-refractivity contribution in [1.29, 1.82) is 0 Å². The lowest BCUT2D eigenvalue weighted by molar-refractivity contribution is -0.289. The smallest absolute Gasteiger partial charge is 0.410 e. The first kappa shape index (κ1) is 28.1. The molecule has 1 saturated heterocycles. The zero-order chi connectivity index (χ0) is 28.1. The minimum atomic E-state index is -0.546. The van der Waals surface area contributed by atoms with Crippen molar-refractivity contribution in [3.05, 3.63) is 45.6 Å². The monoisotopic (exact) mass is 570 g/mol. The number of carbonyl (C=O) groups excluding carboxylic acids is 1. The molecule has 6 rings (SSSR count). The van der Waals surface area contributed by atoms with Crippen LogP contribution in [0.25, 0.3) is 12.2 Å². The molecule has 5 aliphatic rings. The number of nitrogens with one attached hydrogen (secondary N) is 1. The Morgan fingerprint density at radius 3 is 2.65 bits per heavy atom. The molecule has 40 heavy (non-hydrogen) atoms. The van der Waals surface area contributed by atoms with Gasteiger partial charge in [-0.3, -0.25) is 4.90 Å². The quantitative estimate of drug-likeness (QED) is 0.511. The molecule has 218 valence electrons. The van der Waals surface area contributed by atoms with E-state index in [1.54, 1.807) is 0 Å². The molecule has 3 aliphatic carbocycles. The molecule has 4 atom stereocenters. The summed E-state index contributed by atoms with van der Waals surface area (Å²) in [5, 5.41) is 2.30. The van der Waals surface area contributed by atoms with Crippen LogP contribution in [-0.2, 0) is 25.4 Å². The summed E-state index contributed by atoms with van der Waals surface area (Å²) in [4.78, 5) is 19.2. The third kappa shape index (κ3) is 5.67. The highest BCUT2D eigenvalue weighted by Gasteiger charge is 2.40. The van der Waals surface area contributed by atoms with E-state index in [0.29, 0.717) is 26.4 Å². The lowest BCUT2D eigenvalue weighted by Gasteiger charge is -2.42. The molecule has 2 aliphatic heterocycles. The maximum absolute atomic E-state index is 13.6. The van der Waals surface area contributed by atoms with Gasteiger partial charge in [0.05, 0.1) is 31.3 Å². The molecule has 1 aromatic rings. The Labute approximate surface area is 242 Å². The van der Waals surface area contributed by atoms with Crippen molar-refractivity contribution in [3.8, 4) is 0 Å². The third-order valence-corrected chi connectivity index (χ3v) is 9.33. The predicted molar refractivity (Wildman–Crippen MR) is 155 cm³/mol. The average molecular weight is 571 g/mol. The number of rotatable bonds is 5. The van der Waals surface area contributed by atoms with Crippen LogP contribution in [0.5, 0.6) is 0 Å². The summed E-state index contributed by atoms with van der Waals surface area (Å²) in [7, 11) is 0. The van der Waals surface area contributed by atoms with Gasteiger partial charge < -0.3 is 23.9 Å². The molecular weight excluding hydrogens is 528 g/mol. The Balaban J connectivity index is 1.24. The summed E-state index contributed by atoms with van der Waals surface area (Å²) < 4.78 is 24.2. The highest BCUT2D eigenvalue weighted by Crippen LogP contribution is 2.38. The number of carbonyl (C=O) groups is 1. The minimum absolute atomic E-state index is 0.00386. The molecule has 3 unspecified atom stereocenters. The summed E-state index contributed by atoms with van der Waals surface area (Å²) in [5.41, 5.74) is 3.24. The van der Waals surface area contributed by atoms with Gasteiger partial charge in [0, 0.05) is 34.1 Å². The van der Waals surface area contributed by atoms with Crippen LogP contribution in [0.4, 0.5) is 4.79 Å². The SMILES string of the molecule is CC1C=C([C@H]2c3[nH]c4c(c3CCN2C(=O)OC2CCCC2)=CC(Cl)CC=4)C=CC1OCC1(C)COC(C)(C)OC1. The molecule has 7 nitrogen and oxygen atoms in total. The Hall–Kier alpha value is -2.06. The van der Waals surface area contributed by atoms with Gasteiger partial charge in [-0.2, -0.15) is 0 Å². The Kier molecular flexibility index (Phi) is 7.70. The molecule has 3 heterocycles. The first-order chi connectivity index (χ1) is 19.1. The molecule has 1 saturated carbocycles. The van der Waals surface area contributed by atoms with Crippen molar-refractivity contribution >= 4 is 29.8 Å². The normalized spacial score (nSPS) is 31.0. The van der Waals surface area contributed by atoms with Crippen LogP contribution < -0.4 is 10.6 Å². The fourth-order valence-electron chi connectivity index (χ4n) is 6.59. The second-order valence-electron chi connectivity index (χ2n) is 13.1. The van der Waals surface area contributed by atoms with E-state index in [0.717, 1.165) is 55.1 Å². The molecule has 0 aromatic carbocycles. The van der Waals surface area contributed by atoms with Crippen LogP contribution in [0.15, 0.2) is 23.8 Å². The van der Waals surface area contributed by atoms with E-state index in [2.05, 4.69) is 49.2 Å². The van der Waals surface area contributed by atoms with Gasteiger partial charge in [0.15, 0.2) is 5.79 Å². The lowest BCUT2D eigenvalue weighted by atomic mass is 9.86. The van der Waals surface area contributed by atoms with Crippen molar-refractivity contribution in [2.75, 3.05) is 26.4 Å². The average Bonchev–Trinajstić information content (AvgIpc) is 3.57. The molecular formula is C32H43ClN2O5. The van der Waals surface area contributed by atoms with Crippen LogP contribution in [0.1, 0.15) is 77.1 Å². The van der Waals surface area contributed by atoms with Crippen LogP contribution >= 0.6 is 11.6 Å². The summed E-state index contributed by atoms with van der Waals surface area (Å²) in [6, 6.07) is -0.238. The number of aromatic nitrogens is 1. The predicted octanol–water partition coefficient (Wildman–Crippen LogP) is 4.87. The largest absolute Gasteiger partial charge is 0.446 e. The van der Waals surface area contributed by atoms with Gasteiger partial charge in [-0.1, -0.05) is 44.2 Å². The molecule has 1 N–H and O–H groups in total. The van der Waals surface area contributed by atoms with Gasteiger partial charge in [0.2, 0.25) is 0 Å². The van der Waals surface area contributed by atoms with E-state index in [4.69, 9.17) is 30.5 Å². The number of amides is 1. The standard InChI is InChI=1S/C32H43ClN2O5/c1-20-15-21(9-12-27(20)37-17-32(4)18-38-31(2,3)39-19-32)29-28-24(25-16-22(33)10-11-26(25)34-28)13-14-35(29)30(36)40-23-7-5-6-8-23/h9,11-12,15-16,20,22-23,27,29,34H,5-8,10,13-14,17-19H2,1-4H3/t20?,22?,27?,29-/m0/s1. The number of ether oxygens (including phenoxy) is 4. The number of halogens is 1. The zero-order valence-electron chi connectivity index (χ0n) is 24.2. The summed E-state index contributed by atoms with van der Waals surface area (Å²) in [5.74, 6) is -0.408. The molecule has 0 spiro atoms. The van der Waals surface area contributed by atoms with Crippen molar-refractivity contribution in [2.45, 2.75) is 95.6 Å². The van der Waals surface area contributed by atoms with Crippen molar-refractivity contribution < 1.29 is 23.7 Å². The number of nitrogens with zero attached hydrogens (tertiary/aromatic N) is 1.